The molecule has 0 aliphatic carbocycles. The van der Waals surface area contributed by atoms with E-state index in [4.69, 9.17) is 9.15 Å². The van der Waals surface area contributed by atoms with Crippen LogP contribution in [0.5, 0.6) is 0 Å². The highest BCUT2D eigenvalue weighted by Crippen LogP contribution is 2.26. The first-order valence-corrected chi connectivity index (χ1v) is 7.52. The highest BCUT2D eigenvalue weighted by molar-refractivity contribution is 5.92. The third kappa shape index (κ3) is 3.98. The maximum Gasteiger partial charge on any atom is 0.287 e. The second-order valence-corrected chi connectivity index (χ2v) is 5.77. The second kappa shape index (κ2) is 7.27. The normalized spacial score (nSPS) is 12.4. The smallest absolute Gasteiger partial charge is 0.287 e. The van der Waals surface area contributed by atoms with Crippen LogP contribution in [0.25, 0.3) is 11.3 Å². The highest BCUT2D eigenvalue weighted by atomic mass is 16.5. The van der Waals surface area contributed by atoms with Crippen molar-refractivity contribution in [3.8, 4) is 11.3 Å². The van der Waals surface area contributed by atoms with E-state index in [1.807, 2.05) is 37.3 Å². The fourth-order valence-corrected chi connectivity index (χ4v) is 2.08. The first kappa shape index (κ1) is 16.3. The lowest BCUT2D eigenvalue weighted by molar-refractivity contribution is 0.0922. The summed E-state index contributed by atoms with van der Waals surface area (Å²) in [5, 5.41) is 2.85. The number of carbonyl (C=O) groups excluding carboxylic acids is 1. The number of hydrogen-bond donors (Lipinski definition) is 1. The Bertz CT molecular complexity index is 631. The molecule has 0 fully saturated rings. The summed E-state index contributed by atoms with van der Waals surface area (Å²) in [6, 6.07) is 11.5. The molecule has 0 bridgehead atoms. The quantitative estimate of drug-likeness (QED) is 0.876. The predicted octanol–water partition coefficient (Wildman–Crippen LogP) is 4.04. The van der Waals surface area contributed by atoms with E-state index in [1.165, 1.54) is 0 Å². The van der Waals surface area contributed by atoms with Gasteiger partial charge in [0.05, 0.1) is 6.10 Å². The summed E-state index contributed by atoms with van der Waals surface area (Å²) in [6.45, 7) is 6.73. The van der Waals surface area contributed by atoms with E-state index >= 15 is 0 Å². The molecule has 2 aromatic rings. The summed E-state index contributed by atoms with van der Waals surface area (Å²) in [4.78, 5) is 12.0. The molecule has 0 aliphatic heterocycles. The lowest BCUT2D eigenvalue weighted by Gasteiger charge is -2.10. The van der Waals surface area contributed by atoms with Crippen LogP contribution < -0.4 is 5.32 Å². The molecule has 1 heterocycles. The molecule has 0 saturated heterocycles. The number of amides is 1. The lowest BCUT2D eigenvalue weighted by atomic mass is 10.1. The largest absolute Gasteiger partial charge is 0.451 e. The van der Waals surface area contributed by atoms with Gasteiger partial charge in [-0.1, -0.05) is 32.0 Å². The van der Waals surface area contributed by atoms with E-state index in [0.717, 1.165) is 11.1 Å². The molecule has 0 aliphatic rings. The molecule has 0 radical (unpaired) electrons. The highest BCUT2D eigenvalue weighted by Gasteiger charge is 2.13. The molecular formula is C18H23NO3. The van der Waals surface area contributed by atoms with Crippen LogP contribution in [0.2, 0.25) is 0 Å². The van der Waals surface area contributed by atoms with Gasteiger partial charge < -0.3 is 14.5 Å². The van der Waals surface area contributed by atoms with Crippen molar-refractivity contribution in [2.45, 2.75) is 26.9 Å². The maximum absolute atomic E-state index is 12.0. The van der Waals surface area contributed by atoms with Crippen LogP contribution >= 0.6 is 0 Å². The van der Waals surface area contributed by atoms with Crippen molar-refractivity contribution < 1.29 is 13.9 Å². The zero-order valence-electron chi connectivity index (χ0n) is 13.6. The van der Waals surface area contributed by atoms with Crippen LogP contribution in [-0.4, -0.2) is 19.6 Å². The number of carbonyl (C=O) groups is 1. The number of rotatable bonds is 6. The molecule has 4 nitrogen and oxygen atoms in total. The van der Waals surface area contributed by atoms with Gasteiger partial charge in [-0.2, -0.15) is 0 Å². The van der Waals surface area contributed by atoms with Crippen molar-refractivity contribution in [3.63, 3.8) is 0 Å². The van der Waals surface area contributed by atoms with Crippen LogP contribution in [0.15, 0.2) is 40.8 Å². The van der Waals surface area contributed by atoms with Gasteiger partial charge in [-0.25, -0.2) is 0 Å². The third-order valence-electron chi connectivity index (χ3n) is 3.49. The SMILES string of the molecule is CO[C@H](C)c1cccc(-c2ccc(C(=O)NCC(C)C)o2)c1. The van der Waals surface area contributed by atoms with E-state index in [2.05, 4.69) is 19.2 Å². The summed E-state index contributed by atoms with van der Waals surface area (Å²) >= 11 is 0. The van der Waals surface area contributed by atoms with Gasteiger partial charge in [0, 0.05) is 19.2 Å². The van der Waals surface area contributed by atoms with Crippen LogP contribution in [0.3, 0.4) is 0 Å². The maximum atomic E-state index is 12.0. The van der Waals surface area contributed by atoms with Gasteiger partial charge in [-0.05, 0) is 36.6 Å². The minimum Gasteiger partial charge on any atom is -0.451 e. The molecule has 4 heteroatoms. The Kier molecular flexibility index (Phi) is 5.39. The van der Waals surface area contributed by atoms with Gasteiger partial charge in [0.15, 0.2) is 5.76 Å². The fraction of sp³-hybridized carbons (Fsp3) is 0.389. The molecule has 0 saturated carbocycles. The van der Waals surface area contributed by atoms with Crippen LogP contribution in [-0.2, 0) is 4.74 Å². The molecule has 22 heavy (non-hydrogen) atoms. The van der Waals surface area contributed by atoms with Crippen molar-refractivity contribution in [2.24, 2.45) is 5.92 Å². The van der Waals surface area contributed by atoms with E-state index in [9.17, 15) is 4.79 Å². The van der Waals surface area contributed by atoms with Gasteiger partial charge in [0.2, 0.25) is 0 Å². The number of furan rings is 1. The monoisotopic (exact) mass is 301 g/mol. The Labute approximate surface area is 131 Å². The second-order valence-electron chi connectivity index (χ2n) is 5.77. The average molecular weight is 301 g/mol. The minimum absolute atomic E-state index is 0.0173. The Hall–Kier alpha value is -2.07. The number of methoxy groups -OCH3 is 1. The van der Waals surface area contributed by atoms with Crippen LogP contribution in [0.1, 0.15) is 43.0 Å². The Morgan fingerprint density at radius 1 is 1.23 bits per heavy atom. The van der Waals surface area contributed by atoms with E-state index in [0.29, 0.717) is 24.0 Å². The molecule has 1 atom stereocenters. The zero-order valence-corrected chi connectivity index (χ0v) is 13.6. The number of benzene rings is 1. The molecule has 118 valence electrons. The summed E-state index contributed by atoms with van der Waals surface area (Å²) < 4.78 is 11.0. The van der Waals surface area contributed by atoms with Crippen molar-refractivity contribution in [1.29, 1.82) is 0 Å². The average Bonchev–Trinajstić information content (AvgIpc) is 3.02. The molecule has 1 amide bonds. The van der Waals surface area contributed by atoms with Gasteiger partial charge in [0.1, 0.15) is 5.76 Å². The standard InChI is InChI=1S/C18H23NO3/c1-12(2)11-19-18(20)17-9-8-16(22-17)15-7-5-6-14(10-15)13(3)21-4/h5-10,12-13H,11H2,1-4H3,(H,19,20)/t13-/m1/s1. The van der Waals surface area contributed by atoms with E-state index in [-0.39, 0.29) is 12.0 Å². The topological polar surface area (TPSA) is 51.5 Å². The third-order valence-corrected chi connectivity index (χ3v) is 3.49. The minimum atomic E-state index is -0.179. The van der Waals surface area contributed by atoms with Gasteiger partial charge in [-0.15, -0.1) is 0 Å². The van der Waals surface area contributed by atoms with Crippen molar-refractivity contribution in [2.75, 3.05) is 13.7 Å². The summed E-state index contributed by atoms with van der Waals surface area (Å²) in [6.07, 6.45) is 0.0173. The van der Waals surface area contributed by atoms with Crippen LogP contribution in [0.4, 0.5) is 0 Å². The molecule has 1 aromatic heterocycles. The van der Waals surface area contributed by atoms with E-state index < -0.39 is 0 Å². The summed E-state index contributed by atoms with van der Waals surface area (Å²) in [5.74, 6) is 1.24. The summed E-state index contributed by atoms with van der Waals surface area (Å²) in [7, 11) is 1.68. The van der Waals surface area contributed by atoms with Crippen molar-refractivity contribution >= 4 is 5.91 Å². The predicted molar refractivity (Wildman–Crippen MR) is 86.7 cm³/mol. The first-order chi connectivity index (χ1) is 10.5. The number of ether oxygens (including phenoxy) is 1. The Morgan fingerprint density at radius 3 is 2.68 bits per heavy atom. The van der Waals surface area contributed by atoms with Gasteiger partial charge in [-0.3, -0.25) is 4.79 Å². The van der Waals surface area contributed by atoms with Crippen molar-refractivity contribution in [3.05, 3.63) is 47.7 Å². The summed E-state index contributed by atoms with van der Waals surface area (Å²) in [5.41, 5.74) is 2.01. The number of hydrogen-bond acceptors (Lipinski definition) is 3. The molecule has 2 rings (SSSR count). The van der Waals surface area contributed by atoms with Crippen molar-refractivity contribution in [1.82, 2.24) is 5.32 Å². The molecule has 0 spiro atoms. The Morgan fingerprint density at radius 2 is 2.00 bits per heavy atom. The lowest BCUT2D eigenvalue weighted by Crippen LogP contribution is -2.26. The van der Waals surface area contributed by atoms with Crippen LogP contribution in [0, 0.1) is 5.92 Å². The molecular weight excluding hydrogens is 278 g/mol. The molecule has 1 aromatic carbocycles. The van der Waals surface area contributed by atoms with E-state index in [1.54, 1.807) is 13.2 Å². The zero-order chi connectivity index (χ0) is 16.1. The van der Waals surface area contributed by atoms with Gasteiger partial charge in [0.25, 0.3) is 5.91 Å². The molecule has 0 unspecified atom stereocenters. The van der Waals surface area contributed by atoms with Gasteiger partial charge >= 0.3 is 0 Å². The Balaban J connectivity index is 2.16. The number of nitrogens with one attached hydrogen (secondary N) is 1. The first-order valence-electron chi connectivity index (χ1n) is 7.52. The fourth-order valence-electron chi connectivity index (χ4n) is 2.08. The molecule has 1 N–H and O–H groups in total.